The van der Waals surface area contributed by atoms with Gasteiger partial charge in [-0.1, -0.05) is 30.7 Å². The Labute approximate surface area is 129 Å². The van der Waals surface area contributed by atoms with Crippen molar-refractivity contribution in [1.29, 1.82) is 0 Å². The van der Waals surface area contributed by atoms with E-state index < -0.39 is 0 Å². The van der Waals surface area contributed by atoms with Gasteiger partial charge in [-0.05, 0) is 31.4 Å². The summed E-state index contributed by atoms with van der Waals surface area (Å²) in [6, 6.07) is 9.22. The summed E-state index contributed by atoms with van der Waals surface area (Å²) >= 11 is 6.13. The molecule has 110 valence electrons. The topological polar surface area (TPSA) is 47.0 Å². The molecule has 0 unspecified atom stereocenters. The van der Waals surface area contributed by atoms with E-state index in [9.17, 15) is 0 Å². The van der Waals surface area contributed by atoms with Crippen LogP contribution in [0.2, 0.25) is 5.02 Å². The largest absolute Gasteiger partial charge is 0.437 e. The number of rotatable bonds is 6. The van der Waals surface area contributed by atoms with Gasteiger partial charge in [0.15, 0.2) is 0 Å². The average molecular weight is 304 g/mol. The lowest BCUT2D eigenvalue weighted by Crippen LogP contribution is -2.05. The van der Waals surface area contributed by atoms with E-state index in [-0.39, 0.29) is 0 Å². The number of nitrogens with one attached hydrogen (secondary N) is 1. The molecule has 1 N–H and O–H groups in total. The molecule has 0 saturated heterocycles. The number of anilines is 1. The Morgan fingerprint density at radius 2 is 2.10 bits per heavy atom. The van der Waals surface area contributed by atoms with Crippen LogP contribution in [0.5, 0.6) is 11.6 Å². The summed E-state index contributed by atoms with van der Waals surface area (Å²) in [7, 11) is 0. The average Bonchev–Trinajstić information content (AvgIpc) is 3.32. The fourth-order valence-electron chi connectivity index (χ4n) is 2.00. The number of hydrogen-bond donors (Lipinski definition) is 1. The van der Waals surface area contributed by atoms with Crippen molar-refractivity contribution in [2.45, 2.75) is 32.1 Å². The normalized spacial score (nSPS) is 14.0. The van der Waals surface area contributed by atoms with Crippen molar-refractivity contribution in [2.24, 2.45) is 0 Å². The summed E-state index contributed by atoms with van der Waals surface area (Å²) in [4.78, 5) is 9.07. The van der Waals surface area contributed by atoms with Gasteiger partial charge in [0.05, 0.1) is 5.02 Å². The second kappa shape index (κ2) is 6.31. The molecule has 1 aromatic heterocycles. The molecule has 21 heavy (non-hydrogen) atoms. The molecule has 2 aromatic rings. The molecule has 1 fully saturated rings. The van der Waals surface area contributed by atoms with Crippen LogP contribution in [0, 0.1) is 0 Å². The zero-order valence-corrected chi connectivity index (χ0v) is 12.7. The van der Waals surface area contributed by atoms with Crippen LogP contribution >= 0.6 is 11.6 Å². The summed E-state index contributed by atoms with van der Waals surface area (Å²) in [6.07, 6.45) is 3.36. The van der Waals surface area contributed by atoms with Crippen LogP contribution in [0.3, 0.4) is 0 Å². The zero-order valence-electron chi connectivity index (χ0n) is 12.0. The van der Waals surface area contributed by atoms with Crippen molar-refractivity contribution in [3.8, 4) is 11.6 Å². The highest BCUT2D eigenvalue weighted by Gasteiger charge is 2.27. The molecule has 0 bridgehead atoms. The monoisotopic (exact) mass is 303 g/mol. The van der Waals surface area contributed by atoms with Crippen LogP contribution in [0.15, 0.2) is 30.3 Å². The van der Waals surface area contributed by atoms with Crippen LogP contribution < -0.4 is 10.1 Å². The van der Waals surface area contributed by atoms with Gasteiger partial charge in [-0.2, -0.15) is 4.98 Å². The van der Waals surface area contributed by atoms with Crippen LogP contribution in [-0.4, -0.2) is 16.5 Å². The lowest BCUT2D eigenvalue weighted by Gasteiger charge is -2.10. The van der Waals surface area contributed by atoms with Crippen molar-refractivity contribution in [3.05, 3.63) is 41.2 Å². The van der Waals surface area contributed by atoms with Crippen molar-refractivity contribution in [1.82, 2.24) is 9.97 Å². The van der Waals surface area contributed by atoms with Crippen molar-refractivity contribution in [3.63, 3.8) is 0 Å². The van der Waals surface area contributed by atoms with Crippen molar-refractivity contribution >= 4 is 17.4 Å². The molecule has 1 aliphatic carbocycles. The zero-order chi connectivity index (χ0) is 14.7. The maximum Gasteiger partial charge on any atom is 0.224 e. The molecule has 1 saturated carbocycles. The van der Waals surface area contributed by atoms with Crippen molar-refractivity contribution < 1.29 is 4.74 Å². The number of halogens is 1. The fraction of sp³-hybridized carbons (Fsp3) is 0.375. The molecule has 5 heteroatoms. The first-order valence-electron chi connectivity index (χ1n) is 7.31. The van der Waals surface area contributed by atoms with Gasteiger partial charge >= 0.3 is 0 Å². The summed E-state index contributed by atoms with van der Waals surface area (Å²) in [5.41, 5.74) is 0. The summed E-state index contributed by atoms with van der Waals surface area (Å²) in [5, 5.41) is 3.87. The van der Waals surface area contributed by atoms with Gasteiger partial charge < -0.3 is 10.1 Å². The smallest absolute Gasteiger partial charge is 0.224 e. The van der Waals surface area contributed by atoms with Gasteiger partial charge in [0.1, 0.15) is 17.4 Å². The number of ether oxygens (including phenoxy) is 1. The first kappa shape index (κ1) is 14.1. The van der Waals surface area contributed by atoms with Crippen LogP contribution in [0.25, 0.3) is 0 Å². The van der Waals surface area contributed by atoms with E-state index in [2.05, 4.69) is 22.2 Å². The number of benzene rings is 1. The van der Waals surface area contributed by atoms with Gasteiger partial charge in [0.2, 0.25) is 5.88 Å². The Morgan fingerprint density at radius 3 is 2.81 bits per heavy atom. The summed E-state index contributed by atoms with van der Waals surface area (Å²) < 4.78 is 5.83. The quantitative estimate of drug-likeness (QED) is 0.845. The molecule has 4 nitrogen and oxygen atoms in total. The number of para-hydroxylation sites is 1. The molecule has 0 radical (unpaired) electrons. The summed E-state index contributed by atoms with van der Waals surface area (Å²) in [6.45, 7) is 3.00. The number of nitrogens with zero attached hydrogens (tertiary/aromatic N) is 2. The number of aromatic nitrogens is 2. The second-order valence-electron chi connectivity index (χ2n) is 5.18. The minimum atomic E-state index is 0.474. The van der Waals surface area contributed by atoms with Gasteiger partial charge in [-0.3, -0.25) is 0 Å². The molecule has 3 rings (SSSR count). The SMILES string of the molecule is CCCNc1cc(Oc2ccccc2Cl)nc(C2CC2)n1. The third kappa shape index (κ3) is 3.64. The Hall–Kier alpha value is -1.81. The molecular weight excluding hydrogens is 286 g/mol. The summed E-state index contributed by atoms with van der Waals surface area (Å²) in [5.74, 6) is 3.30. The highest BCUT2D eigenvalue weighted by molar-refractivity contribution is 6.32. The predicted octanol–water partition coefficient (Wildman–Crippen LogP) is 4.62. The Balaban J connectivity index is 1.86. The Kier molecular flexibility index (Phi) is 4.25. The minimum Gasteiger partial charge on any atom is -0.437 e. The van der Waals surface area contributed by atoms with E-state index in [0.29, 0.717) is 22.6 Å². The van der Waals surface area contributed by atoms with Gasteiger partial charge in [0.25, 0.3) is 0 Å². The second-order valence-corrected chi connectivity index (χ2v) is 5.59. The molecular formula is C16H18ClN3O. The Morgan fingerprint density at radius 1 is 1.29 bits per heavy atom. The third-order valence-electron chi connectivity index (χ3n) is 3.27. The highest BCUT2D eigenvalue weighted by Crippen LogP contribution is 2.39. The lowest BCUT2D eigenvalue weighted by atomic mass is 10.3. The predicted molar refractivity (Wildman–Crippen MR) is 84.3 cm³/mol. The Bertz CT molecular complexity index is 629. The fourth-order valence-corrected chi connectivity index (χ4v) is 2.18. The standard InChI is InChI=1S/C16H18ClN3O/c1-2-9-18-14-10-15(20-16(19-14)11-7-8-11)21-13-6-4-3-5-12(13)17/h3-6,10-11H,2,7-9H2,1H3,(H,18,19,20). The third-order valence-corrected chi connectivity index (χ3v) is 3.58. The highest BCUT2D eigenvalue weighted by atomic mass is 35.5. The molecule has 0 aliphatic heterocycles. The molecule has 1 aromatic carbocycles. The number of hydrogen-bond acceptors (Lipinski definition) is 4. The van der Waals surface area contributed by atoms with E-state index in [0.717, 1.165) is 37.4 Å². The van der Waals surface area contributed by atoms with Crippen LogP contribution in [0.1, 0.15) is 37.9 Å². The molecule has 1 heterocycles. The van der Waals surface area contributed by atoms with E-state index >= 15 is 0 Å². The van der Waals surface area contributed by atoms with E-state index in [4.69, 9.17) is 16.3 Å². The maximum absolute atomic E-state index is 6.13. The first-order valence-corrected chi connectivity index (χ1v) is 7.69. The molecule has 0 atom stereocenters. The minimum absolute atomic E-state index is 0.474. The molecule has 0 spiro atoms. The van der Waals surface area contributed by atoms with Crippen LogP contribution in [-0.2, 0) is 0 Å². The first-order chi connectivity index (χ1) is 10.3. The van der Waals surface area contributed by atoms with Crippen LogP contribution in [0.4, 0.5) is 5.82 Å². The van der Waals surface area contributed by atoms with Gasteiger partial charge in [0, 0.05) is 18.5 Å². The van der Waals surface area contributed by atoms with Gasteiger partial charge in [-0.15, -0.1) is 0 Å². The van der Waals surface area contributed by atoms with E-state index in [1.54, 1.807) is 6.07 Å². The molecule has 1 aliphatic rings. The van der Waals surface area contributed by atoms with E-state index in [1.165, 1.54) is 0 Å². The van der Waals surface area contributed by atoms with Gasteiger partial charge in [-0.25, -0.2) is 4.98 Å². The van der Waals surface area contributed by atoms with E-state index in [1.807, 2.05) is 24.3 Å². The maximum atomic E-state index is 6.13. The van der Waals surface area contributed by atoms with Crippen molar-refractivity contribution in [2.75, 3.05) is 11.9 Å². The molecule has 0 amide bonds. The lowest BCUT2D eigenvalue weighted by molar-refractivity contribution is 0.459.